The van der Waals surface area contributed by atoms with E-state index in [9.17, 15) is 18.0 Å². The normalized spacial score (nSPS) is 17.7. The van der Waals surface area contributed by atoms with Crippen LogP contribution in [0.2, 0.25) is 0 Å². The Balaban J connectivity index is 1.43. The first-order chi connectivity index (χ1) is 14.8. The first-order valence-electron chi connectivity index (χ1n) is 10.2. The highest BCUT2D eigenvalue weighted by Crippen LogP contribution is 2.30. The van der Waals surface area contributed by atoms with Crippen molar-refractivity contribution in [3.63, 3.8) is 0 Å². The summed E-state index contributed by atoms with van der Waals surface area (Å²) < 4.78 is 44.3. The summed E-state index contributed by atoms with van der Waals surface area (Å²) >= 11 is 0. The molecule has 0 atom stereocenters. The number of aryl methyl sites for hydroxylation is 1. The number of aromatic nitrogens is 2. The van der Waals surface area contributed by atoms with Gasteiger partial charge in [-0.1, -0.05) is 6.07 Å². The zero-order chi connectivity index (χ0) is 22.0. The number of carbonyl (C=O) groups excluding carboxylic acids is 1. The molecular formula is C21H24F3N5O2. The van der Waals surface area contributed by atoms with Crippen molar-refractivity contribution in [1.29, 1.82) is 0 Å². The van der Waals surface area contributed by atoms with Crippen molar-refractivity contribution in [2.45, 2.75) is 13.1 Å². The van der Waals surface area contributed by atoms with Gasteiger partial charge in [0.25, 0.3) is 5.91 Å². The van der Waals surface area contributed by atoms with Gasteiger partial charge in [-0.25, -0.2) is 4.98 Å². The van der Waals surface area contributed by atoms with Crippen LogP contribution in [-0.4, -0.2) is 73.3 Å². The van der Waals surface area contributed by atoms with Gasteiger partial charge in [-0.15, -0.1) is 0 Å². The van der Waals surface area contributed by atoms with E-state index in [1.54, 1.807) is 4.90 Å². The molecule has 2 aromatic rings. The summed E-state index contributed by atoms with van der Waals surface area (Å²) in [5.74, 6) is 1.06. The van der Waals surface area contributed by atoms with Crippen LogP contribution in [-0.2, 0) is 10.9 Å². The number of morpholine rings is 1. The van der Waals surface area contributed by atoms with Gasteiger partial charge in [-0.05, 0) is 25.1 Å². The van der Waals surface area contributed by atoms with Gasteiger partial charge in [0, 0.05) is 56.6 Å². The van der Waals surface area contributed by atoms with Crippen LogP contribution in [0.15, 0.2) is 30.3 Å². The molecule has 3 heterocycles. The van der Waals surface area contributed by atoms with Crippen LogP contribution in [0.1, 0.15) is 21.6 Å². The second-order valence-electron chi connectivity index (χ2n) is 7.62. The third-order valence-electron chi connectivity index (χ3n) is 5.45. The first-order valence-corrected chi connectivity index (χ1v) is 10.2. The van der Waals surface area contributed by atoms with Crippen LogP contribution in [0.5, 0.6) is 0 Å². The van der Waals surface area contributed by atoms with Gasteiger partial charge in [0.1, 0.15) is 5.82 Å². The molecule has 0 spiro atoms. The van der Waals surface area contributed by atoms with Crippen molar-refractivity contribution in [3.8, 4) is 0 Å². The Bertz CT molecular complexity index is 939. The van der Waals surface area contributed by atoms with Gasteiger partial charge in [0.15, 0.2) is 0 Å². The van der Waals surface area contributed by atoms with Crippen molar-refractivity contribution in [2.75, 3.05) is 62.3 Å². The van der Waals surface area contributed by atoms with E-state index < -0.39 is 17.6 Å². The summed E-state index contributed by atoms with van der Waals surface area (Å²) in [6, 6.07) is 6.51. The number of amides is 1. The van der Waals surface area contributed by atoms with E-state index >= 15 is 0 Å². The number of halogens is 3. The summed E-state index contributed by atoms with van der Waals surface area (Å²) in [6.45, 7) is 6.59. The Morgan fingerprint density at radius 2 is 1.68 bits per heavy atom. The fourth-order valence-electron chi connectivity index (χ4n) is 3.75. The zero-order valence-corrected chi connectivity index (χ0v) is 17.2. The number of piperazine rings is 1. The Morgan fingerprint density at radius 1 is 0.968 bits per heavy atom. The Hall–Kier alpha value is -2.88. The summed E-state index contributed by atoms with van der Waals surface area (Å²) in [4.78, 5) is 27.7. The van der Waals surface area contributed by atoms with Crippen molar-refractivity contribution in [1.82, 2.24) is 14.9 Å². The molecule has 31 heavy (non-hydrogen) atoms. The lowest BCUT2D eigenvalue weighted by Crippen LogP contribution is -2.49. The monoisotopic (exact) mass is 435 g/mol. The number of nitrogens with zero attached hydrogens (tertiary/aromatic N) is 5. The van der Waals surface area contributed by atoms with Crippen LogP contribution in [0.25, 0.3) is 0 Å². The first kappa shape index (κ1) is 21.4. The largest absolute Gasteiger partial charge is 0.416 e. The van der Waals surface area contributed by atoms with E-state index in [0.29, 0.717) is 45.3 Å². The second kappa shape index (κ2) is 8.70. The van der Waals surface area contributed by atoms with Crippen LogP contribution < -0.4 is 9.80 Å². The number of hydrogen-bond donors (Lipinski definition) is 0. The number of rotatable bonds is 3. The maximum atomic E-state index is 13.0. The molecule has 2 aliphatic rings. The maximum absolute atomic E-state index is 13.0. The summed E-state index contributed by atoms with van der Waals surface area (Å²) in [5, 5.41) is 0. The smallest absolute Gasteiger partial charge is 0.378 e. The van der Waals surface area contributed by atoms with E-state index in [1.807, 2.05) is 17.9 Å². The van der Waals surface area contributed by atoms with E-state index in [2.05, 4.69) is 9.88 Å². The lowest BCUT2D eigenvalue weighted by molar-refractivity contribution is -0.137. The predicted molar refractivity (Wildman–Crippen MR) is 109 cm³/mol. The summed E-state index contributed by atoms with van der Waals surface area (Å²) in [6.07, 6.45) is -4.48. The molecule has 2 fully saturated rings. The number of ether oxygens (including phenoxy) is 1. The predicted octanol–water partition coefficient (Wildman–Crippen LogP) is 2.60. The van der Waals surface area contributed by atoms with Crippen molar-refractivity contribution >= 4 is 17.7 Å². The molecule has 1 aromatic carbocycles. The minimum atomic E-state index is -4.48. The third kappa shape index (κ3) is 4.90. The van der Waals surface area contributed by atoms with E-state index in [-0.39, 0.29) is 5.56 Å². The van der Waals surface area contributed by atoms with Crippen LogP contribution in [0.3, 0.4) is 0 Å². The molecule has 1 aromatic heterocycles. The average molecular weight is 435 g/mol. The summed E-state index contributed by atoms with van der Waals surface area (Å²) in [5.41, 5.74) is 0.0828. The quantitative estimate of drug-likeness (QED) is 0.739. The molecule has 0 saturated carbocycles. The zero-order valence-electron chi connectivity index (χ0n) is 17.2. The molecular weight excluding hydrogens is 411 g/mol. The van der Waals surface area contributed by atoms with Crippen molar-refractivity contribution in [3.05, 3.63) is 47.2 Å². The standard InChI is InChI=1S/C21H24F3N5O2/c1-15-13-18(27-9-11-31-12-10-27)26-20(25-15)29-7-5-28(6-8-29)19(30)16-3-2-4-17(14-16)21(22,23)24/h2-4,13-14H,5-12H2,1H3. The van der Waals surface area contributed by atoms with E-state index in [1.165, 1.54) is 12.1 Å². The molecule has 2 aliphatic heterocycles. The Labute approximate surface area is 178 Å². The molecule has 4 rings (SSSR count). The highest BCUT2D eigenvalue weighted by atomic mass is 19.4. The fourth-order valence-corrected chi connectivity index (χ4v) is 3.75. The number of hydrogen-bond acceptors (Lipinski definition) is 6. The van der Waals surface area contributed by atoms with Crippen molar-refractivity contribution < 1.29 is 22.7 Å². The molecule has 10 heteroatoms. The number of carbonyl (C=O) groups is 1. The van der Waals surface area contributed by atoms with Gasteiger partial charge in [0.05, 0.1) is 18.8 Å². The minimum absolute atomic E-state index is 0.0460. The topological polar surface area (TPSA) is 61.8 Å². The average Bonchev–Trinajstić information content (AvgIpc) is 2.78. The number of benzene rings is 1. The molecule has 166 valence electrons. The fraction of sp³-hybridized carbons (Fsp3) is 0.476. The van der Waals surface area contributed by atoms with Gasteiger partial charge in [-0.2, -0.15) is 18.2 Å². The van der Waals surface area contributed by atoms with Gasteiger partial charge >= 0.3 is 6.18 Å². The highest BCUT2D eigenvalue weighted by molar-refractivity contribution is 5.94. The molecule has 2 saturated heterocycles. The van der Waals surface area contributed by atoms with Crippen LogP contribution in [0.4, 0.5) is 24.9 Å². The lowest BCUT2D eigenvalue weighted by atomic mass is 10.1. The number of alkyl halides is 3. The van der Waals surface area contributed by atoms with Gasteiger partial charge in [0.2, 0.25) is 5.95 Å². The van der Waals surface area contributed by atoms with Crippen molar-refractivity contribution in [2.24, 2.45) is 0 Å². The van der Waals surface area contributed by atoms with Crippen LogP contribution in [0, 0.1) is 6.92 Å². The molecule has 7 nitrogen and oxygen atoms in total. The summed E-state index contributed by atoms with van der Waals surface area (Å²) in [7, 11) is 0. The molecule has 0 N–H and O–H groups in total. The molecule has 0 radical (unpaired) electrons. The molecule has 0 bridgehead atoms. The minimum Gasteiger partial charge on any atom is -0.378 e. The number of anilines is 2. The molecule has 1 amide bonds. The lowest BCUT2D eigenvalue weighted by Gasteiger charge is -2.35. The SMILES string of the molecule is Cc1cc(N2CCOCC2)nc(N2CCN(C(=O)c3cccc(C(F)(F)F)c3)CC2)n1. The second-order valence-corrected chi connectivity index (χ2v) is 7.62. The van der Waals surface area contributed by atoms with Crippen LogP contribution >= 0.6 is 0 Å². The molecule has 0 unspecified atom stereocenters. The molecule has 0 aliphatic carbocycles. The van der Waals surface area contributed by atoms with E-state index in [0.717, 1.165) is 36.7 Å². The Kier molecular flexibility index (Phi) is 5.99. The maximum Gasteiger partial charge on any atom is 0.416 e. The van der Waals surface area contributed by atoms with E-state index in [4.69, 9.17) is 9.72 Å². The third-order valence-corrected chi connectivity index (χ3v) is 5.45. The Morgan fingerprint density at radius 3 is 2.35 bits per heavy atom. The van der Waals surface area contributed by atoms with Gasteiger partial charge in [-0.3, -0.25) is 4.79 Å². The highest BCUT2D eigenvalue weighted by Gasteiger charge is 2.32. The van der Waals surface area contributed by atoms with Gasteiger partial charge < -0.3 is 19.4 Å².